The Bertz CT molecular complexity index is 359. The predicted octanol–water partition coefficient (Wildman–Crippen LogP) is 2.47. The zero-order valence-corrected chi connectivity index (χ0v) is 11.4. The van der Waals surface area contributed by atoms with Gasteiger partial charge in [-0.1, -0.05) is 34.1 Å². The maximum Gasteiger partial charge on any atom is 0.0814 e. The SMILES string of the molecule is NCC1CCC(COCc2ccccc2Br)O1. The van der Waals surface area contributed by atoms with Crippen molar-refractivity contribution in [3.8, 4) is 0 Å². The maximum atomic E-state index is 5.72. The molecule has 0 amide bonds. The lowest BCUT2D eigenvalue weighted by Gasteiger charge is -2.13. The van der Waals surface area contributed by atoms with Crippen molar-refractivity contribution in [2.45, 2.75) is 31.7 Å². The van der Waals surface area contributed by atoms with Gasteiger partial charge in [0.1, 0.15) is 0 Å². The minimum Gasteiger partial charge on any atom is -0.374 e. The molecule has 4 heteroatoms. The Balaban J connectivity index is 1.72. The van der Waals surface area contributed by atoms with Gasteiger partial charge in [-0.25, -0.2) is 0 Å². The van der Waals surface area contributed by atoms with Crippen LogP contribution in [0.4, 0.5) is 0 Å². The van der Waals surface area contributed by atoms with E-state index in [1.54, 1.807) is 0 Å². The quantitative estimate of drug-likeness (QED) is 0.908. The number of rotatable bonds is 5. The Kier molecular flexibility index (Phi) is 4.98. The first kappa shape index (κ1) is 13.0. The summed E-state index contributed by atoms with van der Waals surface area (Å²) >= 11 is 3.50. The molecule has 1 saturated heterocycles. The Morgan fingerprint density at radius 1 is 1.29 bits per heavy atom. The molecular formula is C13H18BrNO2. The summed E-state index contributed by atoms with van der Waals surface area (Å²) < 4.78 is 12.5. The van der Waals surface area contributed by atoms with E-state index in [1.165, 1.54) is 5.56 Å². The second-order valence-corrected chi connectivity index (χ2v) is 5.15. The van der Waals surface area contributed by atoms with Crippen LogP contribution in [0.3, 0.4) is 0 Å². The van der Waals surface area contributed by atoms with Crippen LogP contribution < -0.4 is 5.73 Å². The molecule has 0 aromatic heterocycles. The zero-order chi connectivity index (χ0) is 12.1. The fourth-order valence-corrected chi connectivity index (χ4v) is 2.39. The van der Waals surface area contributed by atoms with Crippen LogP contribution in [0.1, 0.15) is 18.4 Å². The van der Waals surface area contributed by atoms with Gasteiger partial charge in [-0.3, -0.25) is 0 Å². The lowest BCUT2D eigenvalue weighted by molar-refractivity contribution is -0.0169. The Labute approximate surface area is 110 Å². The second-order valence-electron chi connectivity index (χ2n) is 4.30. The molecule has 17 heavy (non-hydrogen) atoms. The molecule has 0 radical (unpaired) electrons. The van der Waals surface area contributed by atoms with Crippen LogP contribution in [-0.2, 0) is 16.1 Å². The summed E-state index contributed by atoms with van der Waals surface area (Å²) in [6.07, 6.45) is 2.55. The highest BCUT2D eigenvalue weighted by atomic mass is 79.9. The number of hydrogen-bond acceptors (Lipinski definition) is 3. The summed E-state index contributed by atoms with van der Waals surface area (Å²) in [5.41, 5.74) is 6.73. The van der Waals surface area contributed by atoms with Crippen molar-refractivity contribution in [1.82, 2.24) is 0 Å². The van der Waals surface area contributed by atoms with Gasteiger partial charge in [0.25, 0.3) is 0 Å². The van der Waals surface area contributed by atoms with Crippen molar-refractivity contribution in [1.29, 1.82) is 0 Å². The van der Waals surface area contributed by atoms with Crippen LogP contribution in [0, 0.1) is 0 Å². The highest BCUT2D eigenvalue weighted by Gasteiger charge is 2.23. The third kappa shape index (κ3) is 3.78. The molecule has 1 aromatic carbocycles. The van der Waals surface area contributed by atoms with Crippen LogP contribution in [0.2, 0.25) is 0 Å². The lowest BCUT2D eigenvalue weighted by atomic mass is 10.2. The topological polar surface area (TPSA) is 44.5 Å². The fraction of sp³-hybridized carbons (Fsp3) is 0.538. The van der Waals surface area contributed by atoms with Crippen LogP contribution in [0.15, 0.2) is 28.7 Å². The van der Waals surface area contributed by atoms with Crippen molar-refractivity contribution >= 4 is 15.9 Å². The van der Waals surface area contributed by atoms with Gasteiger partial charge < -0.3 is 15.2 Å². The Morgan fingerprint density at radius 2 is 2.06 bits per heavy atom. The molecule has 94 valence electrons. The van der Waals surface area contributed by atoms with Gasteiger partial charge in [0, 0.05) is 11.0 Å². The fourth-order valence-electron chi connectivity index (χ4n) is 1.99. The minimum absolute atomic E-state index is 0.214. The molecule has 3 nitrogen and oxygen atoms in total. The minimum atomic E-state index is 0.214. The van der Waals surface area contributed by atoms with Crippen LogP contribution in [-0.4, -0.2) is 25.4 Å². The maximum absolute atomic E-state index is 5.72. The summed E-state index contributed by atoms with van der Waals surface area (Å²) in [5.74, 6) is 0. The first-order valence-corrected chi connectivity index (χ1v) is 6.75. The lowest BCUT2D eigenvalue weighted by Crippen LogP contribution is -2.22. The Morgan fingerprint density at radius 3 is 2.76 bits per heavy atom. The molecule has 2 rings (SSSR count). The van der Waals surface area contributed by atoms with Crippen molar-refractivity contribution < 1.29 is 9.47 Å². The van der Waals surface area contributed by atoms with Gasteiger partial charge in [0.2, 0.25) is 0 Å². The third-order valence-corrected chi connectivity index (χ3v) is 3.75. The summed E-state index contributed by atoms with van der Waals surface area (Å²) in [6, 6.07) is 8.09. The molecule has 2 N–H and O–H groups in total. The van der Waals surface area contributed by atoms with Gasteiger partial charge >= 0.3 is 0 Å². The molecule has 2 atom stereocenters. The van der Waals surface area contributed by atoms with Crippen molar-refractivity contribution in [3.05, 3.63) is 34.3 Å². The molecule has 0 aliphatic carbocycles. The second kappa shape index (κ2) is 6.50. The molecule has 1 aliphatic rings. The standard InChI is InChI=1S/C13H18BrNO2/c14-13-4-2-1-3-10(13)8-16-9-12-6-5-11(7-15)17-12/h1-4,11-12H,5-9,15H2. The first-order chi connectivity index (χ1) is 8.29. The molecule has 1 fully saturated rings. The van der Waals surface area contributed by atoms with E-state index in [1.807, 2.05) is 18.2 Å². The van der Waals surface area contributed by atoms with Gasteiger partial charge in [0.15, 0.2) is 0 Å². The summed E-state index contributed by atoms with van der Waals surface area (Å²) in [5, 5.41) is 0. The summed E-state index contributed by atoms with van der Waals surface area (Å²) in [6.45, 7) is 1.88. The van der Waals surface area contributed by atoms with E-state index < -0.39 is 0 Å². The Hall–Kier alpha value is -0.420. The van der Waals surface area contributed by atoms with Crippen LogP contribution >= 0.6 is 15.9 Å². The average Bonchev–Trinajstić information content (AvgIpc) is 2.80. The number of halogens is 1. The highest BCUT2D eigenvalue weighted by Crippen LogP contribution is 2.20. The number of ether oxygens (including phenoxy) is 2. The molecule has 0 bridgehead atoms. The summed E-state index contributed by atoms with van der Waals surface area (Å²) in [4.78, 5) is 0. The molecule has 2 unspecified atom stereocenters. The predicted molar refractivity (Wildman–Crippen MR) is 70.7 cm³/mol. The average molecular weight is 300 g/mol. The van der Waals surface area contributed by atoms with E-state index in [0.717, 1.165) is 17.3 Å². The smallest absolute Gasteiger partial charge is 0.0814 e. The summed E-state index contributed by atoms with van der Waals surface area (Å²) in [7, 11) is 0. The third-order valence-electron chi connectivity index (χ3n) is 2.98. The van der Waals surface area contributed by atoms with Crippen molar-refractivity contribution in [3.63, 3.8) is 0 Å². The van der Waals surface area contributed by atoms with Gasteiger partial charge in [-0.15, -0.1) is 0 Å². The van der Waals surface area contributed by atoms with Crippen LogP contribution in [0.5, 0.6) is 0 Å². The molecule has 1 aromatic rings. The highest BCUT2D eigenvalue weighted by molar-refractivity contribution is 9.10. The number of nitrogens with two attached hydrogens (primary N) is 1. The van der Waals surface area contributed by atoms with E-state index in [0.29, 0.717) is 19.8 Å². The zero-order valence-electron chi connectivity index (χ0n) is 9.77. The van der Waals surface area contributed by atoms with Crippen molar-refractivity contribution in [2.24, 2.45) is 5.73 Å². The molecule has 1 aliphatic heterocycles. The monoisotopic (exact) mass is 299 g/mol. The van der Waals surface area contributed by atoms with Crippen LogP contribution in [0.25, 0.3) is 0 Å². The van der Waals surface area contributed by atoms with E-state index in [9.17, 15) is 0 Å². The molecule has 0 spiro atoms. The molecule has 1 heterocycles. The van der Waals surface area contributed by atoms with E-state index in [2.05, 4.69) is 22.0 Å². The van der Waals surface area contributed by atoms with E-state index >= 15 is 0 Å². The number of benzene rings is 1. The van der Waals surface area contributed by atoms with Gasteiger partial charge in [-0.05, 0) is 24.5 Å². The number of hydrogen-bond donors (Lipinski definition) is 1. The van der Waals surface area contributed by atoms with Gasteiger partial charge in [0.05, 0.1) is 25.4 Å². The molecule has 0 saturated carbocycles. The first-order valence-electron chi connectivity index (χ1n) is 5.96. The van der Waals surface area contributed by atoms with Crippen molar-refractivity contribution in [2.75, 3.05) is 13.2 Å². The normalized spacial score (nSPS) is 24.1. The largest absolute Gasteiger partial charge is 0.374 e. The van der Waals surface area contributed by atoms with Gasteiger partial charge in [-0.2, -0.15) is 0 Å². The van der Waals surface area contributed by atoms with E-state index in [4.69, 9.17) is 15.2 Å². The molecular weight excluding hydrogens is 282 g/mol. The van der Waals surface area contributed by atoms with E-state index in [-0.39, 0.29) is 12.2 Å².